The maximum Gasteiger partial charge on any atom is 0.305 e. The Hall–Kier alpha value is -2.73. The summed E-state index contributed by atoms with van der Waals surface area (Å²) in [5.74, 6) is -0.0724. The number of aliphatic imine (C=N–C) groups is 1. The van der Waals surface area contributed by atoms with Gasteiger partial charge in [-0.3, -0.25) is 19.2 Å². The molecule has 0 aromatic rings. The van der Waals surface area contributed by atoms with Gasteiger partial charge >= 0.3 is 17.9 Å². The molecule has 0 aromatic carbocycles. The summed E-state index contributed by atoms with van der Waals surface area (Å²) < 4.78 is 32.2. The van der Waals surface area contributed by atoms with Crippen molar-refractivity contribution in [1.82, 2.24) is 5.32 Å². The molecule has 3 aliphatic rings. The Kier molecular flexibility index (Phi) is 11.5. The highest BCUT2D eigenvalue weighted by Crippen LogP contribution is 2.36. The molecule has 0 spiro atoms. The van der Waals surface area contributed by atoms with Gasteiger partial charge in [0.15, 0.2) is 5.90 Å². The summed E-state index contributed by atoms with van der Waals surface area (Å²) in [4.78, 5) is 48.7. The fourth-order valence-corrected chi connectivity index (χ4v) is 4.73. The number of nitrogens with one attached hydrogen (secondary N) is 1. The number of hydrogen-bond donors (Lipinski definition) is 1. The largest absolute Gasteiger partial charge is 0.463 e. The van der Waals surface area contributed by atoms with E-state index in [1.54, 1.807) is 0 Å². The second-order valence-electron chi connectivity index (χ2n) is 10.2. The number of fused-ring (bicyclic) bond motifs is 1. The van der Waals surface area contributed by atoms with Crippen LogP contribution in [0, 0.1) is 23.7 Å². The first kappa shape index (κ1) is 31.5. The second-order valence-corrected chi connectivity index (χ2v) is 10.2. The predicted octanol–water partition coefficient (Wildman–Crippen LogP) is 1.98. The smallest absolute Gasteiger partial charge is 0.305 e. The predicted molar refractivity (Wildman–Crippen MR) is 135 cm³/mol. The molecule has 3 aliphatic heterocycles. The van der Waals surface area contributed by atoms with Crippen molar-refractivity contribution in [1.29, 1.82) is 0 Å². The van der Waals surface area contributed by atoms with Crippen LogP contribution in [0.1, 0.15) is 62.3 Å². The number of esters is 3. The van der Waals surface area contributed by atoms with Crippen LogP contribution < -0.4 is 5.32 Å². The van der Waals surface area contributed by atoms with Crippen LogP contribution in [0.4, 0.5) is 0 Å². The number of ether oxygens (including phenoxy) is 6. The zero-order valence-corrected chi connectivity index (χ0v) is 23.7. The van der Waals surface area contributed by atoms with Gasteiger partial charge in [0.2, 0.25) is 18.5 Å². The maximum atomic E-state index is 11.3. The second kappa shape index (κ2) is 13.9. The molecule has 0 aliphatic carbocycles. The molecule has 0 saturated carbocycles. The molecule has 3 heterocycles. The SMILES string of the molecule is CC(=O)NC1[C@H](OC(C)=O)OC(COC(C)=O)[C@H](C)[C@@H]1C.CC(=O)OCC1O[C@@H]2OC(C)=NC2[C@@H](C)[C@H]1C. The minimum absolute atomic E-state index is 0.00689. The third-order valence-electron chi connectivity index (χ3n) is 7.30. The maximum absolute atomic E-state index is 11.3. The van der Waals surface area contributed by atoms with Crippen molar-refractivity contribution in [2.24, 2.45) is 28.7 Å². The summed E-state index contributed by atoms with van der Waals surface area (Å²) in [5.41, 5.74) is 0. The van der Waals surface area contributed by atoms with E-state index in [-0.39, 0.29) is 61.3 Å². The van der Waals surface area contributed by atoms with Gasteiger partial charge in [-0.1, -0.05) is 27.7 Å². The summed E-state index contributed by atoms with van der Waals surface area (Å²) in [6.07, 6.45) is -1.71. The van der Waals surface area contributed by atoms with Gasteiger partial charge in [0.05, 0.1) is 18.2 Å². The fourth-order valence-electron chi connectivity index (χ4n) is 4.73. The van der Waals surface area contributed by atoms with Gasteiger partial charge in [-0.15, -0.1) is 0 Å². The molecular formula is C26H42N2O10. The van der Waals surface area contributed by atoms with E-state index in [0.29, 0.717) is 11.8 Å². The lowest BCUT2D eigenvalue weighted by molar-refractivity contribution is -0.238. The number of carbonyl (C=O) groups excluding carboxylic acids is 4. The van der Waals surface area contributed by atoms with Crippen molar-refractivity contribution in [3.8, 4) is 0 Å². The number of nitrogens with zero attached hydrogens (tertiary/aromatic N) is 1. The van der Waals surface area contributed by atoms with E-state index in [2.05, 4.69) is 24.2 Å². The van der Waals surface area contributed by atoms with Crippen LogP contribution in [0.3, 0.4) is 0 Å². The molecule has 10 atom stereocenters. The highest BCUT2D eigenvalue weighted by atomic mass is 16.7. The summed E-state index contributed by atoms with van der Waals surface area (Å²) in [7, 11) is 0. The van der Waals surface area contributed by atoms with Gasteiger partial charge in [0.1, 0.15) is 19.3 Å². The Morgan fingerprint density at radius 1 is 0.789 bits per heavy atom. The Bertz CT molecular complexity index is 891. The lowest BCUT2D eigenvalue weighted by atomic mass is 9.82. The molecule has 1 amide bonds. The highest BCUT2D eigenvalue weighted by molar-refractivity contribution is 5.75. The first-order chi connectivity index (χ1) is 17.7. The van der Waals surface area contributed by atoms with Gasteiger partial charge in [-0.2, -0.15) is 0 Å². The van der Waals surface area contributed by atoms with Crippen molar-refractivity contribution in [2.45, 2.75) is 99.2 Å². The van der Waals surface area contributed by atoms with Crippen LogP contribution in [0.25, 0.3) is 0 Å². The number of rotatable bonds is 6. The van der Waals surface area contributed by atoms with Crippen molar-refractivity contribution < 1.29 is 47.6 Å². The minimum Gasteiger partial charge on any atom is -0.463 e. The topological polar surface area (TPSA) is 148 Å². The van der Waals surface area contributed by atoms with E-state index in [0.717, 1.165) is 0 Å². The summed E-state index contributed by atoms with van der Waals surface area (Å²) in [6, 6.07) is -0.367. The van der Waals surface area contributed by atoms with Crippen molar-refractivity contribution >= 4 is 29.7 Å². The van der Waals surface area contributed by atoms with Crippen LogP contribution in [-0.2, 0) is 47.6 Å². The standard InChI is InChI=1S/C14H23NO6.C12H19NO4/c1-7-8(2)13(15-9(3)16)14(20-11(5)18)21-12(7)6-19-10(4)17;1-6-7(2)11-12(16-8(3)13-11)17-10(6)5-15-9(4)14/h7-8,12-14H,6H2,1-5H3,(H,15,16);6-7,10-12H,5H2,1-4H3/t7-,8+,12?,13?,14-;6-,7+,10?,11?,12+/m11/s1. The quantitative estimate of drug-likeness (QED) is 0.390. The lowest BCUT2D eigenvalue weighted by Gasteiger charge is -2.43. The van der Waals surface area contributed by atoms with Crippen LogP contribution >= 0.6 is 0 Å². The normalized spacial score (nSPS) is 35.8. The van der Waals surface area contributed by atoms with Crippen molar-refractivity contribution in [3.05, 3.63) is 0 Å². The van der Waals surface area contributed by atoms with Crippen molar-refractivity contribution in [3.63, 3.8) is 0 Å². The highest BCUT2D eigenvalue weighted by Gasteiger charge is 2.46. The average Bonchev–Trinajstić information content (AvgIpc) is 3.19. The van der Waals surface area contributed by atoms with E-state index in [9.17, 15) is 19.2 Å². The Morgan fingerprint density at radius 3 is 1.82 bits per heavy atom. The van der Waals surface area contributed by atoms with Gasteiger partial charge in [-0.25, -0.2) is 4.99 Å². The molecule has 4 unspecified atom stereocenters. The van der Waals surface area contributed by atoms with E-state index in [4.69, 9.17) is 28.4 Å². The first-order valence-corrected chi connectivity index (χ1v) is 12.9. The first-order valence-electron chi connectivity index (χ1n) is 12.9. The van der Waals surface area contributed by atoms with Crippen molar-refractivity contribution in [2.75, 3.05) is 13.2 Å². The van der Waals surface area contributed by atoms with E-state index < -0.39 is 30.4 Å². The van der Waals surface area contributed by atoms with Gasteiger partial charge in [-0.05, 0) is 23.7 Å². The van der Waals surface area contributed by atoms with E-state index in [1.165, 1.54) is 27.7 Å². The average molecular weight is 543 g/mol. The third kappa shape index (κ3) is 8.65. The molecule has 2 fully saturated rings. The Morgan fingerprint density at radius 2 is 1.32 bits per heavy atom. The molecule has 38 heavy (non-hydrogen) atoms. The Balaban J connectivity index is 0.000000272. The molecule has 2 saturated heterocycles. The van der Waals surface area contributed by atoms with Gasteiger partial charge < -0.3 is 33.7 Å². The molecule has 216 valence electrons. The van der Waals surface area contributed by atoms with Crippen LogP contribution in [0.15, 0.2) is 4.99 Å². The van der Waals surface area contributed by atoms with Gasteiger partial charge in [0, 0.05) is 34.6 Å². The molecule has 12 nitrogen and oxygen atoms in total. The molecule has 0 radical (unpaired) electrons. The number of hydrogen-bond acceptors (Lipinski definition) is 11. The zero-order valence-electron chi connectivity index (χ0n) is 23.7. The van der Waals surface area contributed by atoms with Crippen LogP contribution in [-0.4, -0.2) is 79.8 Å². The fraction of sp³-hybridized carbons (Fsp3) is 0.808. The van der Waals surface area contributed by atoms with E-state index in [1.807, 2.05) is 20.8 Å². The summed E-state index contributed by atoms with van der Waals surface area (Å²) in [6.45, 7) is 15.7. The van der Waals surface area contributed by atoms with E-state index >= 15 is 0 Å². The monoisotopic (exact) mass is 542 g/mol. The summed E-state index contributed by atoms with van der Waals surface area (Å²) in [5, 5.41) is 2.75. The molecule has 0 bridgehead atoms. The Labute approximate surface area is 224 Å². The zero-order chi connectivity index (χ0) is 28.7. The minimum atomic E-state index is -0.891. The number of carbonyl (C=O) groups is 4. The molecule has 3 rings (SSSR count). The number of amides is 1. The molecule has 12 heteroatoms. The van der Waals surface area contributed by atoms with Crippen LogP contribution in [0.2, 0.25) is 0 Å². The molecular weight excluding hydrogens is 500 g/mol. The summed E-state index contributed by atoms with van der Waals surface area (Å²) >= 11 is 0. The molecule has 0 aromatic heterocycles. The third-order valence-corrected chi connectivity index (χ3v) is 7.30. The van der Waals surface area contributed by atoms with Crippen LogP contribution in [0.5, 0.6) is 0 Å². The lowest BCUT2D eigenvalue weighted by Crippen LogP contribution is -2.58. The molecule has 1 N–H and O–H groups in total. The van der Waals surface area contributed by atoms with Gasteiger partial charge in [0.25, 0.3) is 0 Å².